The summed E-state index contributed by atoms with van der Waals surface area (Å²) in [6.45, 7) is 10.3. The highest BCUT2D eigenvalue weighted by Gasteiger charge is 2.26. The third-order valence-electron chi connectivity index (χ3n) is 4.20. The summed E-state index contributed by atoms with van der Waals surface area (Å²) in [7, 11) is 1.90. The van der Waals surface area contributed by atoms with Gasteiger partial charge in [-0.3, -0.25) is 0 Å². The number of rotatable bonds is 6. The van der Waals surface area contributed by atoms with Gasteiger partial charge in [0.2, 0.25) is 0 Å². The van der Waals surface area contributed by atoms with Crippen molar-refractivity contribution in [1.82, 2.24) is 9.97 Å². The molecule has 118 valence electrons. The molecular weight excluding hydrogens is 264 g/mol. The lowest BCUT2D eigenvalue weighted by atomic mass is 9.99. The third kappa shape index (κ3) is 3.64. The van der Waals surface area contributed by atoms with E-state index in [0.717, 1.165) is 49.0 Å². The van der Waals surface area contributed by atoms with Crippen LogP contribution in [-0.2, 0) is 4.74 Å². The summed E-state index contributed by atoms with van der Waals surface area (Å²) >= 11 is 0. The van der Waals surface area contributed by atoms with E-state index in [1.54, 1.807) is 0 Å². The number of ether oxygens (including phenoxy) is 1. The van der Waals surface area contributed by atoms with Crippen LogP contribution in [-0.4, -0.2) is 36.3 Å². The maximum atomic E-state index is 5.76. The summed E-state index contributed by atoms with van der Waals surface area (Å²) in [4.78, 5) is 9.26. The quantitative estimate of drug-likeness (QED) is 0.843. The molecule has 0 bridgehead atoms. The molecule has 0 spiro atoms. The van der Waals surface area contributed by atoms with Gasteiger partial charge in [0.1, 0.15) is 17.5 Å². The van der Waals surface area contributed by atoms with Gasteiger partial charge in [0.15, 0.2) is 0 Å². The average Bonchev–Trinajstić information content (AvgIpc) is 2.93. The molecule has 2 N–H and O–H groups in total. The maximum Gasteiger partial charge on any atom is 0.135 e. The number of aromatic nitrogens is 2. The number of nitrogens with one attached hydrogen (secondary N) is 2. The average molecular weight is 292 g/mol. The molecule has 2 rings (SSSR count). The van der Waals surface area contributed by atoms with Crippen LogP contribution in [0.15, 0.2) is 0 Å². The van der Waals surface area contributed by atoms with Gasteiger partial charge >= 0.3 is 0 Å². The zero-order chi connectivity index (χ0) is 15.4. The van der Waals surface area contributed by atoms with Gasteiger partial charge in [-0.05, 0) is 19.8 Å². The Hall–Kier alpha value is -1.36. The number of anilines is 2. The largest absolute Gasteiger partial charge is 0.378 e. The summed E-state index contributed by atoms with van der Waals surface area (Å²) in [5.74, 6) is 3.62. The van der Waals surface area contributed by atoms with Crippen molar-refractivity contribution in [1.29, 1.82) is 0 Å². The summed E-state index contributed by atoms with van der Waals surface area (Å²) in [5.41, 5.74) is 1.08. The Morgan fingerprint density at radius 2 is 2.00 bits per heavy atom. The molecular formula is C16H28N4O. The van der Waals surface area contributed by atoms with Crippen LogP contribution in [0, 0.1) is 12.8 Å². The van der Waals surface area contributed by atoms with Gasteiger partial charge in [-0.2, -0.15) is 0 Å². The van der Waals surface area contributed by atoms with Crippen LogP contribution in [0.25, 0.3) is 0 Å². The Morgan fingerprint density at radius 1 is 1.29 bits per heavy atom. The Balaban J connectivity index is 2.13. The van der Waals surface area contributed by atoms with Gasteiger partial charge in [-0.15, -0.1) is 0 Å². The lowest BCUT2D eigenvalue weighted by molar-refractivity contribution is 0.0900. The summed E-state index contributed by atoms with van der Waals surface area (Å²) in [6.07, 6.45) is 2.59. The minimum absolute atomic E-state index is 0.316. The minimum Gasteiger partial charge on any atom is -0.378 e. The Bertz CT molecular complexity index is 476. The van der Waals surface area contributed by atoms with Crippen molar-refractivity contribution in [3.63, 3.8) is 0 Å². The van der Waals surface area contributed by atoms with Gasteiger partial charge in [0, 0.05) is 37.6 Å². The highest BCUT2D eigenvalue weighted by molar-refractivity contribution is 5.57. The van der Waals surface area contributed by atoms with E-state index in [0.29, 0.717) is 17.9 Å². The van der Waals surface area contributed by atoms with Crippen molar-refractivity contribution in [2.45, 2.75) is 52.6 Å². The van der Waals surface area contributed by atoms with Crippen LogP contribution >= 0.6 is 0 Å². The normalized spacial score (nSPS) is 21.8. The van der Waals surface area contributed by atoms with Gasteiger partial charge in [-0.25, -0.2) is 9.97 Å². The first-order valence-corrected chi connectivity index (χ1v) is 7.98. The Morgan fingerprint density at radius 3 is 2.62 bits per heavy atom. The van der Waals surface area contributed by atoms with Gasteiger partial charge < -0.3 is 15.4 Å². The summed E-state index contributed by atoms with van der Waals surface area (Å²) in [6, 6.07) is 0. The van der Waals surface area contributed by atoms with Crippen LogP contribution < -0.4 is 10.6 Å². The van der Waals surface area contributed by atoms with Crippen LogP contribution in [0.2, 0.25) is 0 Å². The zero-order valence-electron chi connectivity index (χ0n) is 13.9. The molecule has 1 fully saturated rings. The molecule has 1 aromatic heterocycles. The Kier molecular flexibility index (Phi) is 5.39. The van der Waals surface area contributed by atoms with Gasteiger partial charge in [0.05, 0.1) is 6.10 Å². The molecule has 0 aromatic carbocycles. The minimum atomic E-state index is 0.316. The monoisotopic (exact) mass is 292 g/mol. The first-order chi connectivity index (χ1) is 10.1. The molecule has 0 saturated carbocycles. The van der Waals surface area contributed by atoms with Crippen LogP contribution in [0.1, 0.15) is 50.9 Å². The van der Waals surface area contributed by atoms with Crippen LogP contribution in [0.5, 0.6) is 0 Å². The number of nitrogens with zero attached hydrogens (tertiary/aromatic N) is 2. The lowest BCUT2D eigenvalue weighted by Crippen LogP contribution is -2.24. The molecule has 21 heavy (non-hydrogen) atoms. The van der Waals surface area contributed by atoms with Crippen molar-refractivity contribution >= 4 is 11.6 Å². The SMILES string of the molecule is CCC1OCCC1CNc1nc(C(C)C)nc(NC)c1C. The fourth-order valence-corrected chi connectivity index (χ4v) is 2.81. The standard InChI is InChI=1S/C16H28N4O/c1-6-13-12(7-8-21-13)9-18-16-11(4)15(17-5)19-14(20-16)10(2)3/h10,12-13H,6-9H2,1-5H3,(H2,17,18,19,20). The zero-order valence-corrected chi connectivity index (χ0v) is 13.9. The molecule has 5 nitrogen and oxygen atoms in total. The molecule has 0 aliphatic carbocycles. The molecule has 0 amide bonds. The van der Waals surface area contributed by atoms with E-state index in [4.69, 9.17) is 4.74 Å². The molecule has 2 unspecified atom stereocenters. The van der Waals surface area contributed by atoms with Crippen LogP contribution in [0.3, 0.4) is 0 Å². The molecule has 1 aliphatic heterocycles. The Labute approximate surface area is 127 Å². The molecule has 5 heteroatoms. The van der Waals surface area contributed by atoms with Crippen molar-refractivity contribution in [3.8, 4) is 0 Å². The van der Waals surface area contributed by atoms with Crippen LogP contribution in [0.4, 0.5) is 11.6 Å². The second kappa shape index (κ2) is 7.07. The second-order valence-corrected chi connectivity index (χ2v) is 6.06. The highest BCUT2D eigenvalue weighted by atomic mass is 16.5. The predicted octanol–water partition coefficient (Wildman–Crippen LogP) is 3.18. The first-order valence-electron chi connectivity index (χ1n) is 7.98. The van der Waals surface area contributed by atoms with E-state index in [1.807, 2.05) is 7.05 Å². The highest BCUT2D eigenvalue weighted by Crippen LogP contribution is 2.26. The van der Waals surface area contributed by atoms with Crippen molar-refractivity contribution in [2.75, 3.05) is 30.8 Å². The number of hydrogen-bond donors (Lipinski definition) is 2. The lowest BCUT2D eigenvalue weighted by Gasteiger charge is -2.20. The molecule has 1 aliphatic rings. The van der Waals surface area contributed by atoms with E-state index < -0.39 is 0 Å². The topological polar surface area (TPSA) is 59.1 Å². The van der Waals surface area contributed by atoms with Crippen molar-refractivity contribution in [3.05, 3.63) is 11.4 Å². The van der Waals surface area contributed by atoms with E-state index >= 15 is 0 Å². The molecule has 1 aromatic rings. The number of hydrogen-bond acceptors (Lipinski definition) is 5. The summed E-state index contributed by atoms with van der Waals surface area (Å²) in [5, 5.41) is 6.68. The second-order valence-electron chi connectivity index (χ2n) is 6.06. The smallest absolute Gasteiger partial charge is 0.135 e. The third-order valence-corrected chi connectivity index (χ3v) is 4.20. The molecule has 2 atom stereocenters. The van der Waals surface area contributed by atoms with E-state index in [2.05, 4.69) is 48.3 Å². The molecule has 2 heterocycles. The fraction of sp³-hybridized carbons (Fsp3) is 0.750. The molecule has 0 radical (unpaired) electrons. The fourth-order valence-electron chi connectivity index (χ4n) is 2.81. The molecule has 1 saturated heterocycles. The van der Waals surface area contributed by atoms with E-state index in [-0.39, 0.29) is 0 Å². The van der Waals surface area contributed by atoms with E-state index in [1.165, 1.54) is 0 Å². The van der Waals surface area contributed by atoms with E-state index in [9.17, 15) is 0 Å². The predicted molar refractivity (Wildman–Crippen MR) is 87.0 cm³/mol. The summed E-state index contributed by atoms with van der Waals surface area (Å²) < 4.78 is 5.76. The maximum absolute atomic E-state index is 5.76. The van der Waals surface area contributed by atoms with Crippen molar-refractivity contribution in [2.24, 2.45) is 5.92 Å². The van der Waals surface area contributed by atoms with Gasteiger partial charge in [0.25, 0.3) is 0 Å². The van der Waals surface area contributed by atoms with Gasteiger partial charge in [-0.1, -0.05) is 20.8 Å². The first kappa shape index (κ1) is 16.0. The van der Waals surface area contributed by atoms with Crippen molar-refractivity contribution < 1.29 is 4.74 Å².